The molecule has 3 aromatic carbocycles. The molecule has 0 saturated carbocycles. The quantitative estimate of drug-likeness (QED) is 0.258. The topological polar surface area (TPSA) is 25.8 Å². The lowest BCUT2D eigenvalue weighted by Crippen LogP contribution is -1.91. The molecule has 0 aliphatic heterocycles. The molecule has 6 aromatic rings. The fourth-order valence-electron chi connectivity index (χ4n) is 4.13. The van der Waals surface area contributed by atoms with Crippen LogP contribution in [0.1, 0.15) is 25.0 Å². The first kappa shape index (κ1) is 11.1. The van der Waals surface area contributed by atoms with Crippen LogP contribution < -0.4 is 0 Å². The van der Waals surface area contributed by atoms with E-state index in [2.05, 4.69) is 22.1 Å². The lowest BCUT2D eigenvalue weighted by molar-refractivity contribution is 1.27. The molecule has 3 aromatic heterocycles. The predicted octanol–water partition coefficient (Wildman–Crippen LogP) is 7.23. The van der Waals surface area contributed by atoms with Gasteiger partial charge in [-0.3, -0.25) is 4.98 Å². The first-order valence-corrected chi connectivity index (χ1v) is 9.84. The van der Waals surface area contributed by atoms with Gasteiger partial charge in [0.05, 0.1) is 5.52 Å². The van der Waals surface area contributed by atoms with Crippen molar-refractivity contribution in [1.82, 2.24) is 9.97 Å². The first-order chi connectivity index (χ1) is 16.0. The molecular weight excluding hydrogens is 360 g/mol. The van der Waals surface area contributed by atoms with Gasteiger partial charge in [0.1, 0.15) is 4.83 Å². The molecule has 0 N–H and O–H groups in total. The smallest absolute Gasteiger partial charge is 0.124 e. The molecule has 3 heterocycles. The highest BCUT2D eigenvalue weighted by atomic mass is 32.1. The van der Waals surface area contributed by atoms with Crippen LogP contribution in [0, 0.1) is 20.6 Å². The standard InChI is InChI=1S/C25H18N2S/c1-13-12-26-24-17-7-5-4-6-16(17)19-10-20-18-9-8-14(2)27-25(18)28-22(20)11-21(19)23(24)15(13)3/h4-12H,1-3H3/i1D3,3D3. The van der Waals surface area contributed by atoms with Crippen LogP contribution in [0.4, 0.5) is 0 Å². The Morgan fingerprint density at radius 3 is 2.61 bits per heavy atom. The monoisotopic (exact) mass is 384 g/mol. The molecule has 0 fully saturated rings. The van der Waals surface area contributed by atoms with Crippen molar-refractivity contribution in [2.24, 2.45) is 0 Å². The SMILES string of the molecule is [2H]C([2H])([2H])c1cnc2c3ccccc3c3cc4c(cc3c2c1C([2H])([2H])[2H])sc1nc(C)ccc14. The fourth-order valence-corrected chi connectivity index (χ4v) is 5.27. The number of aryl methyl sites for hydroxylation is 3. The number of fused-ring (bicyclic) bond motifs is 9. The molecule has 0 saturated heterocycles. The molecule has 0 bridgehead atoms. The number of rotatable bonds is 0. The molecule has 3 heteroatoms. The molecule has 0 aliphatic rings. The van der Waals surface area contributed by atoms with E-state index in [-0.39, 0.29) is 11.1 Å². The van der Waals surface area contributed by atoms with Gasteiger partial charge in [0.2, 0.25) is 0 Å². The van der Waals surface area contributed by atoms with Crippen LogP contribution >= 0.6 is 11.3 Å². The molecule has 0 aliphatic carbocycles. The van der Waals surface area contributed by atoms with E-state index in [0.29, 0.717) is 16.3 Å². The van der Waals surface area contributed by atoms with E-state index in [1.54, 1.807) is 11.3 Å². The van der Waals surface area contributed by atoms with Crippen LogP contribution in [-0.4, -0.2) is 9.97 Å². The molecule has 6 rings (SSSR count). The van der Waals surface area contributed by atoms with Gasteiger partial charge < -0.3 is 0 Å². The van der Waals surface area contributed by atoms with Crippen LogP contribution in [0.25, 0.3) is 52.8 Å². The van der Waals surface area contributed by atoms with Gasteiger partial charge in [-0.2, -0.15) is 0 Å². The van der Waals surface area contributed by atoms with Gasteiger partial charge in [-0.25, -0.2) is 4.98 Å². The highest BCUT2D eigenvalue weighted by molar-refractivity contribution is 7.25. The minimum atomic E-state index is -2.63. The molecule has 0 spiro atoms. The third kappa shape index (κ3) is 2.02. The fraction of sp³-hybridized carbons (Fsp3) is 0.120. The van der Waals surface area contributed by atoms with Gasteiger partial charge in [-0.05, 0) is 72.2 Å². The van der Waals surface area contributed by atoms with Crippen LogP contribution in [0.3, 0.4) is 0 Å². The first-order valence-electron chi connectivity index (χ1n) is 12.0. The summed E-state index contributed by atoms with van der Waals surface area (Å²) in [5.74, 6) is 0. The van der Waals surface area contributed by atoms with E-state index < -0.39 is 13.7 Å². The van der Waals surface area contributed by atoms with Gasteiger partial charge in [0.25, 0.3) is 0 Å². The number of pyridine rings is 2. The Morgan fingerprint density at radius 1 is 0.857 bits per heavy atom. The van der Waals surface area contributed by atoms with E-state index in [4.69, 9.17) is 8.22 Å². The van der Waals surface area contributed by atoms with Gasteiger partial charge >= 0.3 is 0 Å². The van der Waals surface area contributed by atoms with Crippen molar-refractivity contribution in [2.75, 3.05) is 0 Å². The summed E-state index contributed by atoms with van der Waals surface area (Å²) in [5.41, 5.74) is 1.04. The van der Waals surface area contributed by atoms with E-state index in [9.17, 15) is 0 Å². The molecule has 0 radical (unpaired) electrons. The average molecular weight is 385 g/mol. The highest BCUT2D eigenvalue weighted by Gasteiger charge is 2.15. The lowest BCUT2D eigenvalue weighted by Gasteiger charge is -2.13. The molecule has 0 atom stereocenters. The second kappa shape index (κ2) is 5.49. The minimum Gasteiger partial charge on any atom is -0.255 e. The van der Waals surface area contributed by atoms with Gasteiger partial charge in [-0.15, -0.1) is 11.3 Å². The molecule has 2 nitrogen and oxygen atoms in total. The van der Waals surface area contributed by atoms with E-state index in [1.807, 2.05) is 43.3 Å². The largest absolute Gasteiger partial charge is 0.255 e. The van der Waals surface area contributed by atoms with Gasteiger partial charge in [-0.1, -0.05) is 24.3 Å². The van der Waals surface area contributed by atoms with Crippen molar-refractivity contribution in [1.29, 1.82) is 0 Å². The van der Waals surface area contributed by atoms with Gasteiger partial charge in [0, 0.05) is 46.4 Å². The Balaban J connectivity index is 1.93. The Labute approximate surface area is 174 Å². The van der Waals surface area contributed by atoms with Crippen LogP contribution in [0.15, 0.2) is 54.7 Å². The molecule has 134 valence electrons. The number of hydrogen-bond donors (Lipinski definition) is 0. The summed E-state index contributed by atoms with van der Waals surface area (Å²) in [7, 11) is 0. The highest BCUT2D eigenvalue weighted by Crippen LogP contribution is 2.41. The Morgan fingerprint density at radius 2 is 1.75 bits per heavy atom. The zero-order valence-electron chi connectivity index (χ0n) is 21.0. The molecule has 0 unspecified atom stereocenters. The maximum absolute atomic E-state index is 8.28. The number of benzene rings is 3. The zero-order chi connectivity index (χ0) is 24.0. The van der Waals surface area contributed by atoms with Crippen LogP contribution in [-0.2, 0) is 0 Å². The predicted molar refractivity (Wildman–Crippen MR) is 122 cm³/mol. The number of nitrogens with zero attached hydrogens (tertiary/aromatic N) is 2. The summed E-state index contributed by atoms with van der Waals surface area (Å²) in [6.07, 6.45) is 1.21. The normalized spacial score (nSPS) is 16.2. The Hall–Kier alpha value is -3.04. The van der Waals surface area contributed by atoms with Crippen molar-refractivity contribution in [3.8, 4) is 0 Å². The summed E-state index contributed by atoms with van der Waals surface area (Å²) < 4.78 is 49.8. The van der Waals surface area contributed by atoms with Gasteiger partial charge in [0.15, 0.2) is 0 Å². The Kier molecular flexibility index (Phi) is 2.17. The van der Waals surface area contributed by atoms with Crippen molar-refractivity contribution >= 4 is 64.1 Å². The third-order valence-corrected chi connectivity index (χ3v) is 6.50. The number of thiophene rings is 1. The van der Waals surface area contributed by atoms with E-state index in [0.717, 1.165) is 42.2 Å². The second-order valence-corrected chi connectivity index (χ2v) is 8.15. The molecule has 28 heavy (non-hydrogen) atoms. The number of aromatic nitrogens is 2. The van der Waals surface area contributed by atoms with E-state index in [1.165, 1.54) is 6.20 Å². The molecular formula is C25H18N2S. The maximum atomic E-state index is 8.28. The summed E-state index contributed by atoms with van der Waals surface area (Å²) >= 11 is 1.54. The van der Waals surface area contributed by atoms with Crippen LogP contribution in [0.5, 0.6) is 0 Å². The lowest BCUT2D eigenvalue weighted by atomic mass is 9.93. The molecule has 0 amide bonds. The van der Waals surface area contributed by atoms with Crippen molar-refractivity contribution in [2.45, 2.75) is 20.6 Å². The Bertz CT molecular complexity index is 1800. The van der Waals surface area contributed by atoms with Crippen molar-refractivity contribution < 1.29 is 8.22 Å². The third-order valence-electron chi connectivity index (χ3n) is 5.44. The minimum absolute atomic E-state index is 0.150. The maximum Gasteiger partial charge on any atom is 0.124 e. The summed E-state index contributed by atoms with van der Waals surface area (Å²) in [4.78, 5) is 10.1. The van der Waals surface area contributed by atoms with Crippen molar-refractivity contribution in [3.63, 3.8) is 0 Å². The van der Waals surface area contributed by atoms with Crippen molar-refractivity contribution in [3.05, 3.63) is 71.5 Å². The summed E-state index contributed by atoms with van der Waals surface area (Å²) in [5, 5.41) is 5.75. The van der Waals surface area contributed by atoms with Crippen LogP contribution in [0.2, 0.25) is 0 Å². The summed E-state index contributed by atoms with van der Waals surface area (Å²) in [6, 6.07) is 15.8. The summed E-state index contributed by atoms with van der Waals surface area (Å²) in [6.45, 7) is -3.29. The van der Waals surface area contributed by atoms with E-state index >= 15 is 0 Å². The average Bonchev–Trinajstić information content (AvgIpc) is 3.12. The zero-order valence-corrected chi connectivity index (χ0v) is 15.8. The number of hydrogen-bond acceptors (Lipinski definition) is 3. The second-order valence-electron chi connectivity index (χ2n) is 7.12.